The maximum atomic E-state index is 6.51. The number of aromatic nitrogens is 4. The molecule has 4 aromatic heterocycles. The number of benzene rings is 8. The van der Waals surface area contributed by atoms with Crippen LogP contribution in [0.1, 0.15) is 0 Å². The zero-order valence-corrected chi connectivity index (χ0v) is 31.0. The van der Waals surface area contributed by atoms with Gasteiger partial charge in [0.25, 0.3) is 0 Å². The van der Waals surface area contributed by atoms with Crippen LogP contribution in [0.5, 0.6) is 0 Å². The molecule has 0 atom stereocenters. The van der Waals surface area contributed by atoms with Crippen LogP contribution in [-0.4, -0.2) is 19.9 Å². The predicted octanol–water partition coefficient (Wildman–Crippen LogP) is 13.8. The molecule has 8 aromatic carbocycles. The lowest BCUT2D eigenvalue weighted by Gasteiger charge is -2.11. The lowest BCUT2D eigenvalue weighted by atomic mass is 10.0. The summed E-state index contributed by atoms with van der Waals surface area (Å²) in [5.41, 5.74) is 10.2. The fraction of sp³-hybridized carbons (Fsp3) is 0. The smallest absolute Gasteiger partial charge is 0.164 e. The minimum absolute atomic E-state index is 0.573. The number of hydrogen-bond donors (Lipinski definition) is 0. The molecule has 0 amide bonds. The summed E-state index contributed by atoms with van der Waals surface area (Å²) >= 11 is 1.70. The van der Waals surface area contributed by atoms with E-state index in [1.54, 1.807) is 11.3 Å². The van der Waals surface area contributed by atoms with Crippen molar-refractivity contribution >= 4 is 76.2 Å². The minimum atomic E-state index is 0.573. The molecule has 0 unspecified atom stereocenters. The van der Waals surface area contributed by atoms with Gasteiger partial charge < -0.3 is 8.83 Å². The molecule has 7 heteroatoms. The number of para-hydroxylation sites is 1. The number of nitrogens with zero attached hydrogens (tertiary/aromatic N) is 4. The molecule has 0 N–H and O–H groups in total. The summed E-state index contributed by atoms with van der Waals surface area (Å²) in [5.74, 6) is 1.73. The molecule has 0 spiro atoms. The molecule has 0 saturated carbocycles. The first-order valence-corrected chi connectivity index (χ1v) is 19.6. The van der Waals surface area contributed by atoms with Crippen LogP contribution >= 0.6 is 11.3 Å². The summed E-state index contributed by atoms with van der Waals surface area (Å²) in [5, 5.41) is 7.15. The molecule has 0 aliphatic rings. The van der Waals surface area contributed by atoms with E-state index in [1.807, 2.05) is 42.5 Å². The van der Waals surface area contributed by atoms with Gasteiger partial charge in [0, 0.05) is 38.4 Å². The Kier molecular flexibility index (Phi) is 7.00. The first-order chi connectivity index (χ1) is 28.2. The first-order valence-electron chi connectivity index (χ1n) is 18.8. The Balaban J connectivity index is 1.08. The zero-order chi connectivity index (χ0) is 37.5. The van der Waals surface area contributed by atoms with E-state index in [2.05, 4.69) is 127 Å². The van der Waals surface area contributed by atoms with Crippen molar-refractivity contribution in [2.75, 3.05) is 0 Å². The van der Waals surface area contributed by atoms with Crippen molar-refractivity contribution in [3.63, 3.8) is 0 Å². The third kappa shape index (κ3) is 5.17. The average molecular weight is 749 g/mol. The Labute approximate surface area is 329 Å². The van der Waals surface area contributed by atoms with Gasteiger partial charge >= 0.3 is 0 Å². The van der Waals surface area contributed by atoms with E-state index in [0.717, 1.165) is 103 Å². The maximum Gasteiger partial charge on any atom is 0.164 e. The summed E-state index contributed by atoms with van der Waals surface area (Å²) in [6.45, 7) is 0. The lowest BCUT2D eigenvalue weighted by molar-refractivity contribution is 0.669. The Hall–Kier alpha value is -7.48. The first kappa shape index (κ1) is 31.8. The molecule has 0 bridgehead atoms. The molecule has 4 heterocycles. The molecule has 0 radical (unpaired) electrons. The molecule has 0 saturated heterocycles. The van der Waals surface area contributed by atoms with Crippen molar-refractivity contribution in [3.05, 3.63) is 170 Å². The van der Waals surface area contributed by atoms with Gasteiger partial charge in [-0.3, -0.25) is 0 Å². The van der Waals surface area contributed by atoms with Crippen LogP contribution in [0, 0.1) is 0 Å². The van der Waals surface area contributed by atoms with E-state index in [-0.39, 0.29) is 0 Å². The number of fused-ring (bicyclic) bond motifs is 10. The Bertz CT molecular complexity index is 3520. The van der Waals surface area contributed by atoms with Crippen molar-refractivity contribution in [3.8, 4) is 55.9 Å². The second kappa shape index (κ2) is 12.5. The summed E-state index contributed by atoms with van der Waals surface area (Å²) in [6, 6.07) is 58.1. The number of rotatable bonds is 5. The SMILES string of the molecule is c1ccc(-c2ccc(-c3nc(-c4ccc5ccc6oc7ccc8sc(-c9ccccc9)nc8c7c6c5c4)nc(-c4cccc5oc6ccccc6c45)n3)cc2)cc1. The van der Waals surface area contributed by atoms with Crippen LogP contribution in [0.2, 0.25) is 0 Å². The molecule has 0 aliphatic heterocycles. The second-order valence-electron chi connectivity index (χ2n) is 14.2. The van der Waals surface area contributed by atoms with E-state index in [4.69, 9.17) is 28.8 Å². The highest BCUT2D eigenvalue weighted by atomic mass is 32.1. The highest BCUT2D eigenvalue weighted by Gasteiger charge is 2.20. The fourth-order valence-corrected chi connectivity index (χ4v) is 9.04. The van der Waals surface area contributed by atoms with Crippen LogP contribution in [-0.2, 0) is 0 Å². The molecule has 12 rings (SSSR count). The summed E-state index contributed by atoms with van der Waals surface area (Å²) in [6.07, 6.45) is 0. The summed E-state index contributed by atoms with van der Waals surface area (Å²) in [7, 11) is 0. The van der Waals surface area contributed by atoms with Gasteiger partial charge in [0.2, 0.25) is 0 Å². The van der Waals surface area contributed by atoms with Crippen molar-refractivity contribution < 1.29 is 8.83 Å². The van der Waals surface area contributed by atoms with Gasteiger partial charge in [-0.1, -0.05) is 133 Å². The van der Waals surface area contributed by atoms with Crippen LogP contribution in [0.25, 0.3) is 121 Å². The zero-order valence-electron chi connectivity index (χ0n) is 30.2. The average Bonchev–Trinajstić information content (AvgIpc) is 4.00. The Morgan fingerprint density at radius 3 is 1.81 bits per heavy atom. The third-order valence-electron chi connectivity index (χ3n) is 10.8. The van der Waals surface area contributed by atoms with Gasteiger partial charge in [-0.15, -0.1) is 11.3 Å². The van der Waals surface area contributed by atoms with Crippen LogP contribution in [0.3, 0.4) is 0 Å². The molecule has 6 nitrogen and oxygen atoms in total. The van der Waals surface area contributed by atoms with Crippen molar-refractivity contribution in [2.45, 2.75) is 0 Å². The van der Waals surface area contributed by atoms with Gasteiger partial charge in [-0.2, -0.15) is 0 Å². The monoisotopic (exact) mass is 748 g/mol. The molecule has 57 heavy (non-hydrogen) atoms. The number of hydrogen-bond acceptors (Lipinski definition) is 7. The standard InChI is InChI=1S/C50H28N4O2S/c1-3-10-29(11-4-1)30-18-21-32(22-19-30)47-52-48(54-49(53-47)36-15-9-17-39-43(36)35-14-7-8-16-38(35)55-39)34-23-20-31-24-25-40-44(37(31)28-34)45-41(56-40)26-27-42-46(45)51-50(57-42)33-12-5-2-6-13-33/h1-28H. The van der Waals surface area contributed by atoms with Crippen molar-refractivity contribution in [1.82, 2.24) is 19.9 Å². The van der Waals surface area contributed by atoms with E-state index >= 15 is 0 Å². The number of thiazole rings is 1. The molecule has 0 aliphatic carbocycles. The van der Waals surface area contributed by atoms with Gasteiger partial charge in [-0.25, -0.2) is 19.9 Å². The normalized spacial score (nSPS) is 11.9. The molecule has 12 aromatic rings. The minimum Gasteiger partial charge on any atom is -0.456 e. The van der Waals surface area contributed by atoms with E-state index in [1.165, 1.54) is 0 Å². The number of furan rings is 2. The van der Waals surface area contributed by atoms with Gasteiger partial charge in [-0.05, 0) is 58.3 Å². The molecular weight excluding hydrogens is 721 g/mol. The molecule has 266 valence electrons. The van der Waals surface area contributed by atoms with Crippen molar-refractivity contribution in [1.29, 1.82) is 0 Å². The van der Waals surface area contributed by atoms with Crippen LogP contribution in [0.4, 0.5) is 0 Å². The molecular formula is C50H28N4O2S. The second-order valence-corrected chi connectivity index (χ2v) is 15.2. The van der Waals surface area contributed by atoms with Crippen LogP contribution in [0.15, 0.2) is 179 Å². The Morgan fingerprint density at radius 2 is 0.965 bits per heavy atom. The predicted molar refractivity (Wildman–Crippen MR) is 232 cm³/mol. The summed E-state index contributed by atoms with van der Waals surface area (Å²) < 4.78 is 13.9. The quantitative estimate of drug-likeness (QED) is 0.174. The fourth-order valence-electron chi connectivity index (χ4n) is 8.06. The van der Waals surface area contributed by atoms with Gasteiger partial charge in [0.1, 0.15) is 27.3 Å². The highest BCUT2D eigenvalue weighted by Crippen LogP contribution is 2.43. The lowest BCUT2D eigenvalue weighted by Crippen LogP contribution is -2.00. The van der Waals surface area contributed by atoms with Gasteiger partial charge in [0.05, 0.1) is 15.6 Å². The topological polar surface area (TPSA) is 77.8 Å². The largest absolute Gasteiger partial charge is 0.456 e. The highest BCUT2D eigenvalue weighted by molar-refractivity contribution is 7.21. The van der Waals surface area contributed by atoms with Gasteiger partial charge in [0.15, 0.2) is 17.5 Å². The third-order valence-corrected chi connectivity index (χ3v) is 11.9. The van der Waals surface area contributed by atoms with Crippen molar-refractivity contribution in [2.24, 2.45) is 0 Å². The molecule has 0 fully saturated rings. The van der Waals surface area contributed by atoms with Crippen LogP contribution < -0.4 is 0 Å². The van der Waals surface area contributed by atoms with E-state index in [0.29, 0.717) is 17.5 Å². The summed E-state index contributed by atoms with van der Waals surface area (Å²) in [4.78, 5) is 20.8. The van der Waals surface area contributed by atoms with E-state index in [9.17, 15) is 0 Å². The van der Waals surface area contributed by atoms with E-state index < -0.39 is 0 Å². The Morgan fingerprint density at radius 1 is 0.368 bits per heavy atom. The maximum absolute atomic E-state index is 6.51.